The zero-order valence-corrected chi connectivity index (χ0v) is 11.4. The minimum Gasteiger partial charge on any atom is -0.493 e. The Hall–Kier alpha value is -2.10. The smallest absolute Gasteiger partial charge is 0.214 e. The van der Waals surface area contributed by atoms with Gasteiger partial charge in [0.05, 0.1) is 17.8 Å². The van der Waals surface area contributed by atoms with E-state index in [1.807, 2.05) is 51.1 Å². The van der Waals surface area contributed by atoms with Crippen LogP contribution in [-0.4, -0.2) is 20.7 Å². The quantitative estimate of drug-likeness (QED) is 0.921. The van der Waals surface area contributed by atoms with Crippen molar-refractivity contribution in [3.8, 4) is 11.6 Å². The molecule has 4 heteroatoms. The molecular formula is C15H18N2O2. The first-order chi connectivity index (χ1) is 8.88. The summed E-state index contributed by atoms with van der Waals surface area (Å²) < 4.78 is 1.44. The fourth-order valence-electron chi connectivity index (χ4n) is 1.69. The van der Waals surface area contributed by atoms with Gasteiger partial charge in [-0.25, -0.2) is 4.68 Å². The zero-order chi connectivity index (χ0) is 14.0. The molecule has 0 saturated heterocycles. The van der Waals surface area contributed by atoms with Gasteiger partial charge in [-0.1, -0.05) is 39.0 Å². The molecule has 1 heterocycles. The third-order valence-corrected chi connectivity index (χ3v) is 2.92. The molecule has 0 unspecified atom stereocenters. The van der Waals surface area contributed by atoms with E-state index in [0.29, 0.717) is 5.69 Å². The van der Waals surface area contributed by atoms with E-state index in [1.165, 1.54) is 10.7 Å². The third kappa shape index (κ3) is 3.02. The van der Waals surface area contributed by atoms with Crippen LogP contribution >= 0.6 is 0 Å². The molecule has 0 atom stereocenters. The summed E-state index contributed by atoms with van der Waals surface area (Å²) in [6.45, 7) is 5.64. The maximum absolute atomic E-state index is 12.0. The first kappa shape index (κ1) is 13.3. The first-order valence-electron chi connectivity index (χ1n) is 6.24. The summed E-state index contributed by atoms with van der Waals surface area (Å²) in [4.78, 5) is 12.0. The molecule has 100 valence electrons. The molecule has 2 rings (SSSR count). The number of nitrogens with zero attached hydrogens (tertiary/aromatic N) is 2. The number of rotatable bonds is 3. The Bertz CT molecular complexity index is 580. The number of aromatic hydroxyl groups is 1. The summed E-state index contributed by atoms with van der Waals surface area (Å²) in [7, 11) is 0. The zero-order valence-electron chi connectivity index (χ0n) is 11.4. The predicted molar refractivity (Wildman–Crippen MR) is 73.4 cm³/mol. The van der Waals surface area contributed by atoms with Crippen molar-refractivity contribution in [2.75, 3.05) is 0 Å². The number of carbonyl (C=O) groups is 1. The average molecular weight is 258 g/mol. The molecule has 1 aromatic heterocycles. The molecule has 0 bridgehead atoms. The molecule has 0 saturated carbocycles. The standard InChI is InChI=1S/C15H18N2O2/c1-15(2,3)13(18)9-11-10-14(19)17(16-11)12-7-5-4-6-8-12/h4-8,10,19H,9H2,1-3H3. The van der Waals surface area contributed by atoms with Crippen molar-refractivity contribution in [2.45, 2.75) is 27.2 Å². The van der Waals surface area contributed by atoms with Gasteiger partial charge in [0.1, 0.15) is 5.78 Å². The van der Waals surface area contributed by atoms with Gasteiger partial charge in [-0.05, 0) is 12.1 Å². The maximum atomic E-state index is 12.0. The molecule has 0 amide bonds. The van der Waals surface area contributed by atoms with E-state index >= 15 is 0 Å². The van der Waals surface area contributed by atoms with Crippen LogP contribution in [0, 0.1) is 5.41 Å². The largest absolute Gasteiger partial charge is 0.493 e. The highest BCUT2D eigenvalue weighted by Gasteiger charge is 2.22. The van der Waals surface area contributed by atoms with E-state index in [2.05, 4.69) is 5.10 Å². The molecular weight excluding hydrogens is 240 g/mol. The van der Waals surface area contributed by atoms with Gasteiger partial charge in [-0.15, -0.1) is 0 Å². The van der Waals surface area contributed by atoms with Crippen molar-refractivity contribution in [1.82, 2.24) is 9.78 Å². The summed E-state index contributed by atoms with van der Waals surface area (Å²) in [5, 5.41) is 14.2. The molecule has 0 aliphatic heterocycles. The number of hydrogen-bond acceptors (Lipinski definition) is 3. The Morgan fingerprint density at radius 2 is 1.89 bits per heavy atom. The maximum Gasteiger partial charge on any atom is 0.214 e. The highest BCUT2D eigenvalue weighted by molar-refractivity contribution is 5.85. The van der Waals surface area contributed by atoms with Crippen LogP contribution in [0.5, 0.6) is 5.88 Å². The van der Waals surface area contributed by atoms with Gasteiger partial charge in [0.15, 0.2) is 0 Å². The second-order valence-corrected chi connectivity index (χ2v) is 5.59. The van der Waals surface area contributed by atoms with E-state index in [9.17, 15) is 9.90 Å². The van der Waals surface area contributed by atoms with Crippen molar-refractivity contribution in [3.63, 3.8) is 0 Å². The monoisotopic (exact) mass is 258 g/mol. The van der Waals surface area contributed by atoms with Crippen LogP contribution in [0.3, 0.4) is 0 Å². The van der Waals surface area contributed by atoms with Crippen molar-refractivity contribution >= 4 is 5.78 Å². The highest BCUT2D eigenvalue weighted by Crippen LogP contribution is 2.21. The Morgan fingerprint density at radius 3 is 2.47 bits per heavy atom. The van der Waals surface area contributed by atoms with Crippen molar-refractivity contribution in [3.05, 3.63) is 42.1 Å². The minimum absolute atomic E-state index is 0.0444. The van der Waals surface area contributed by atoms with E-state index in [-0.39, 0.29) is 18.1 Å². The van der Waals surface area contributed by atoms with Gasteiger partial charge in [-0.2, -0.15) is 5.10 Å². The van der Waals surface area contributed by atoms with E-state index < -0.39 is 5.41 Å². The SMILES string of the molecule is CC(C)(C)C(=O)Cc1cc(O)n(-c2ccccc2)n1. The minimum atomic E-state index is -0.397. The van der Waals surface area contributed by atoms with Gasteiger partial charge in [-0.3, -0.25) is 4.79 Å². The number of aromatic nitrogens is 2. The number of hydrogen-bond donors (Lipinski definition) is 1. The van der Waals surface area contributed by atoms with Gasteiger partial charge >= 0.3 is 0 Å². The van der Waals surface area contributed by atoms with Crippen molar-refractivity contribution in [1.29, 1.82) is 0 Å². The molecule has 2 aromatic rings. The van der Waals surface area contributed by atoms with Gasteiger partial charge < -0.3 is 5.11 Å². The summed E-state index contributed by atoms with van der Waals surface area (Å²) >= 11 is 0. The fraction of sp³-hybridized carbons (Fsp3) is 0.333. The number of carbonyl (C=O) groups excluding carboxylic acids is 1. The molecule has 1 aromatic carbocycles. The number of Topliss-reactive ketones (excluding diaryl/α,β-unsaturated/α-hetero) is 1. The lowest BCUT2D eigenvalue weighted by Gasteiger charge is -2.15. The molecule has 4 nitrogen and oxygen atoms in total. The van der Waals surface area contributed by atoms with Crippen LogP contribution in [0.15, 0.2) is 36.4 Å². The summed E-state index contributed by atoms with van der Waals surface area (Å²) in [5.74, 6) is 0.146. The average Bonchev–Trinajstić information content (AvgIpc) is 2.70. The first-order valence-corrected chi connectivity index (χ1v) is 6.24. The Balaban J connectivity index is 2.25. The molecule has 0 spiro atoms. The van der Waals surface area contributed by atoms with Crippen LogP contribution in [-0.2, 0) is 11.2 Å². The lowest BCUT2D eigenvalue weighted by Crippen LogP contribution is -2.22. The van der Waals surface area contributed by atoms with Crippen LogP contribution in [0.25, 0.3) is 5.69 Å². The fourth-order valence-corrected chi connectivity index (χ4v) is 1.69. The molecule has 19 heavy (non-hydrogen) atoms. The molecule has 0 aliphatic rings. The number of ketones is 1. The summed E-state index contributed by atoms with van der Waals surface area (Å²) in [5.41, 5.74) is 0.960. The second-order valence-electron chi connectivity index (χ2n) is 5.59. The van der Waals surface area contributed by atoms with E-state index in [4.69, 9.17) is 0 Å². The van der Waals surface area contributed by atoms with E-state index in [1.54, 1.807) is 0 Å². The highest BCUT2D eigenvalue weighted by atomic mass is 16.3. The molecule has 0 radical (unpaired) electrons. The Labute approximate surface area is 112 Å². The van der Waals surface area contributed by atoms with Crippen molar-refractivity contribution < 1.29 is 9.90 Å². The van der Waals surface area contributed by atoms with Gasteiger partial charge in [0.2, 0.25) is 5.88 Å². The molecule has 0 aliphatic carbocycles. The molecule has 1 N–H and O–H groups in total. The number of benzene rings is 1. The van der Waals surface area contributed by atoms with Crippen LogP contribution in [0.1, 0.15) is 26.5 Å². The Morgan fingerprint density at radius 1 is 1.26 bits per heavy atom. The van der Waals surface area contributed by atoms with Gasteiger partial charge in [0, 0.05) is 11.5 Å². The number of para-hydroxylation sites is 1. The normalized spacial score (nSPS) is 11.5. The molecule has 0 fully saturated rings. The van der Waals surface area contributed by atoms with Crippen LogP contribution in [0.4, 0.5) is 0 Å². The van der Waals surface area contributed by atoms with E-state index in [0.717, 1.165) is 5.69 Å². The van der Waals surface area contributed by atoms with Gasteiger partial charge in [0.25, 0.3) is 0 Å². The van der Waals surface area contributed by atoms with Crippen LogP contribution in [0.2, 0.25) is 0 Å². The predicted octanol–water partition coefficient (Wildman–Crippen LogP) is 2.74. The summed E-state index contributed by atoms with van der Waals surface area (Å²) in [6.07, 6.45) is 0.233. The third-order valence-electron chi connectivity index (χ3n) is 2.92. The Kier molecular flexibility index (Phi) is 3.42. The lowest BCUT2D eigenvalue weighted by atomic mass is 9.88. The topological polar surface area (TPSA) is 55.1 Å². The van der Waals surface area contributed by atoms with Crippen LogP contribution < -0.4 is 0 Å². The lowest BCUT2D eigenvalue weighted by molar-refractivity contribution is -0.125. The van der Waals surface area contributed by atoms with Crippen molar-refractivity contribution in [2.24, 2.45) is 5.41 Å². The summed E-state index contributed by atoms with van der Waals surface area (Å²) in [6, 6.07) is 10.9. The second kappa shape index (κ2) is 4.88.